The van der Waals surface area contributed by atoms with Crippen molar-refractivity contribution in [2.45, 2.75) is 71.8 Å². The van der Waals surface area contributed by atoms with Crippen molar-refractivity contribution in [1.82, 2.24) is 4.90 Å². The van der Waals surface area contributed by atoms with Crippen molar-refractivity contribution in [2.24, 2.45) is 23.0 Å². The second-order valence-electron chi connectivity index (χ2n) is 8.38. The lowest BCUT2D eigenvalue weighted by Crippen LogP contribution is -2.60. The summed E-state index contributed by atoms with van der Waals surface area (Å²) in [6.45, 7) is 4.64. The molecule has 3 unspecified atom stereocenters. The number of hydrogen-bond donors (Lipinski definition) is 2. The van der Waals surface area contributed by atoms with Gasteiger partial charge in [-0.05, 0) is 43.6 Å². The minimum atomic E-state index is -0.280. The van der Waals surface area contributed by atoms with Crippen LogP contribution in [-0.4, -0.2) is 16.8 Å². The van der Waals surface area contributed by atoms with E-state index in [1.165, 1.54) is 29.7 Å². The molecule has 2 saturated carbocycles. The van der Waals surface area contributed by atoms with Crippen molar-refractivity contribution < 1.29 is 4.79 Å². The average molecular weight is 356 g/mol. The van der Waals surface area contributed by atoms with Gasteiger partial charge in [0.05, 0.1) is 12.0 Å². The fourth-order valence-corrected chi connectivity index (χ4v) is 5.18. The van der Waals surface area contributed by atoms with E-state index in [1.807, 2.05) is 24.3 Å². The summed E-state index contributed by atoms with van der Waals surface area (Å²) in [6.07, 6.45) is 9.09. The van der Waals surface area contributed by atoms with E-state index in [-0.39, 0.29) is 17.3 Å². The first kappa shape index (κ1) is 18.9. The number of nitrogens with zero attached hydrogens (tertiary/aromatic N) is 1. The lowest BCUT2D eigenvalue weighted by atomic mass is 9.47. The Morgan fingerprint density at radius 3 is 2.58 bits per heavy atom. The average Bonchev–Trinajstić information content (AvgIpc) is 2.61. The first-order chi connectivity index (χ1) is 12.5. The zero-order valence-electron chi connectivity index (χ0n) is 16.3. The number of benzene rings is 1. The molecule has 3 N–H and O–H groups in total. The monoisotopic (exact) mass is 355 g/mol. The Balaban J connectivity index is 1.83. The third-order valence-corrected chi connectivity index (χ3v) is 6.64. The highest BCUT2D eigenvalue weighted by Gasteiger charge is 2.59. The SMILES string of the molecule is CCCCC1(C(=O)N(Cc2ccc(C)cc2)C(=N)N)CC2CCCCC21. The summed E-state index contributed by atoms with van der Waals surface area (Å²) in [6, 6.07) is 8.15. The van der Waals surface area contributed by atoms with Gasteiger partial charge in [-0.3, -0.25) is 15.1 Å². The molecule has 3 rings (SSSR count). The van der Waals surface area contributed by atoms with Gasteiger partial charge >= 0.3 is 0 Å². The van der Waals surface area contributed by atoms with Crippen LogP contribution in [0.3, 0.4) is 0 Å². The van der Waals surface area contributed by atoms with Crippen molar-refractivity contribution in [1.29, 1.82) is 5.41 Å². The summed E-state index contributed by atoms with van der Waals surface area (Å²) < 4.78 is 0. The molecule has 1 aromatic carbocycles. The summed E-state index contributed by atoms with van der Waals surface area (Å²) in [5.74, 6) is 1.18. The Labute approximate surface area is 157 Å². The molecular formula is C22H33N3O. The first-order valence-electron chi connectivity index (χ1n) is 10.2. The summed E-state index contributed by atoms with van der Waals surface area (Å²) in [5, 5.41) is 8.04. The van der Waals surface area contributed by atoms with E-state index < -0.39 is 0 Å². The topological polar surface area (TPSA) is 70.2 Å². The van der Waals surface area contributed by atoms with Gasteiger partial charge in [-0.2, -0.15) is 0 Å². The number of unbranched alkanes of at least 4 members (excludes halogenated alkanes) is 1. The largest absolute Gasteiger partial charge is 0.370 e. The van der Waals surface area contributed by atoms with Gasteiger partial charge in [0.1, 0.15) is 0 Å². The number of hydrogen-bond acceptors (Lipinski definition) is 2. The van der Waals surface area contributed by atoms with Crippen LogP contribution in [0.15, 0.2) is 24.3 Å². The molecule has 2 aliphatic rings. The molecule has 0 aliphatic heterocycles. The molecule has 0 aromatic heterocycles. The van der Waals surface area contributed by atoms with E-state index in [2.05, 4.69) is 13.8 Å². The standard InChI is InChI=1S/C22H33N3O/c1-3-4-13-22(14-18-7-5-6-8-19(18)22)20(26)25(21(23)24)15-17-11-9-16(2)10-12-17/h9-12,18-19H,3-8,13-15H2,1-2H3,(H3,23,24). The lowest BCUT2D eigenvalue weighted by molar-refractivity contribution is -0.163. The van der Waals surface area contributed by atoms with E-state index in [0.717, 1.165) is 37.7 Å². The van der Waals surface area contributed by atoms with E-state index in [1.54, 1.807) is 0 Å². The number of nitrogens with one attached hydrogen (secondary N) is 1. The minimum Gasteiger partial charge on any atom is -0.370 e. The molecular weight excluding hydrogens is 322 g/mol. The van der Waals surface area contributed by atoms with Crippen LogP contribution in [0, 0.1) is 29.6 Å². The van der Waals surface area contributed by atoms with Crippen LogP contribution < -0.4 is 5.73 Å². The van der Waals surface area contributed by atoms with Gasteiger partial charge in [-0.15, -0.1) is 0 Å². The van der Waals surface area contributed by atoms with Crippen LogP contribution in [-0.2, 0) is 11.3 Å². The summed E-state index contributed by atoms with van der Waals surface area (Å²) in [4.78, 5) is 15.2. The fraction of sp³-hybridized carbons (Fsp3) is 0.636. The summed E-state index contributed by atoms with van der Waals surface area (Å²) in [7, 11) is 0. The number of rotatable bonds is 6. The summed E-state index contributed by atoms with van der Waals surface area (Å²) >= 11 is 0. The van der Waals surface area contributed by atoms with Gasteiger partial charge in [-0.1, -0.05) is 68.9 Å². The second kappa shape index (κ2) is 7.81. The minimum absolute atomic E-state index is 0.0992. The third-order valence-electron chi connectivity index (χ3n) is 6.64. The highest BCUT2D eigenvalue weighted by atomic mass is 16.2. The maximum atomic E-state index is 13.6. The quantitative estimate of drug-likeness (QED) is 0.578. The van der Waals surface area contributed by atoms with Crippen LogP contribution in [0.4, 0.5) is 0 Å². The smallest absolute Gasteiger partial charge is 0.236 e. The molecule has 2 fully saturated rings. The zero-order valence-corrected chi connectivity index (χ0v) is 16.3. The molecule has 26 heavy (non-hydrogen) atoms. The van der Waals surface area contributed by atoms with Crippen LogP contribution >= 0.6 is 0 Å². The number of fused-ring (bicyclic) bond motifs is 1. The van der Waals surface area contributed by atoms with Gasteiger partial charge in [0, 0.05) is 0 Å². The van der Waals surface area contributed by atoms with Gasteiger partial charge in [0.15, 0.2) is 5.96 Å². The van der Waals surface area contributed by atoms with Crippen LogP contribution in [0.2, 0.25) is 0 Å². The molecule has 0 spiro atoms. The highest BCUT2D eigenvalue weighted by molar-refractivity contribution is 5.98. The van der Waals surface area contributed by atoms with Crippen LogP contribution in [0.5, 0.6) is 0 Å². The molecule has 4 nitrogen and oxygen atoms in total. The third kappa shape index (κ3) is 3.51. The molecule has 3 atom stereocenters. The van der Waals surface area contributed by atoms with Crippen molar-refractivity contribution in [3.8, 4) is 0 Å². The molecule has 4 heteroatoms. The molecule has 1 amide bonds. The number of nitrogens with two attached hydrogens (primary N) is 1. The Morgan fingerprint density at radius 1 is 1.27 bits per heavy atom. The Morgan fingerprint density at radius 2 is 1.96 bits per heavy atom. The number of guanidine groups is 1. The normalized spacial score (nSPS) is 27.3. The van der Waals surface area contributed by atoms with Crippen molar-refractivity contribution in [3.05, 3.63) is 35.4 Å². The maximum absolute atomic E-state index is 13.6. The number of aryl methyl sites for hydroxylation is 1. The molecule has 2 aliphatic carbocycles. The van der Waals surface area contributed by atoms with E-state index in [9.17, 15) is 4.79 Å². The first-order valence-corrected chi connectivity index (χ1v) is 10.2. The van der Waals surface area contributed by atoms with Crippen LogP contribution in [0.1, 0.15) is 69.4 Å². The number of amides is 1. The molecule has 0 saturated heterocycles. The highest BCUT2D eigenvalue weighted by Crippen LogP contribution is 2.60. The van der Waals surface area contributed by atoms with Gasteiger partial charge in [0.25, 0.3) is 0 Å². The van der Waals surface area contributed by atoms with Crippen molar-refractivity contribution >= 4 is 11.9 Å². The molecule has 0 heterocycles. The van der Waals surface area contributed by atoms with E-state index in [4.69, 9.17) is 11.1 Å². The Hall–Kier alpha value is -1.84. The number of carbonyl (C=O) groups excluding carboxylic acids is 1. The molecule has 0 radical (unpaired) electrons. The Kier molecular flexibility index (Phi) is 5.69. The van der Waals surface area contributed by atoms with Gasteiger partial charge in [-0.25, -0.2) is 0 Å². The van der Waals surface area contributed by atoms with E-state index in [0.29, 0.717) is 18.4 Å². The second-order valence-corrected chi connectivity index (χ2v) is 8.38. The maximum Gasteiger partial charge on any atom is 0.236 e. The van der Waals surface area contributed by atoms with Crippen molar-refractivity contribution in [3.63, 3.8) is 0 Å². The predicted molar refractivity (Wildman–Crippen MR) is 106 cm³/mol. The Bertz CT molecular complexity index is 650. The predicted octanol–water partition coefficient (Wildman–Crippen LogP) is 4.60. The molecule has 142 valence electrons. The van der Waals surface area contributed by atoms with Gasteiger partial charge < -0.3 is 5.73 Å². The lowest BCUT2D eigenvalue weighted by Gasteiger charge is -2.57. The van der Waals surface area contributed by atoms with Crippen molar-refractivity contribution in [2.75, 3.05) is 0 Å². The summed E-state index contributed by atoms with van der Waals surface area (Å²) in [5.41, 5.74) is 7.82. The van der Waals surface area contributed by atoms with Crippen LogP contribution in [0.25, 0.3) is 0 Å². The van der Waals surface area contributed by atoms with Gasteiger partial charge in [0.2, 0.25) is 5.91 Å². The number of carbonyl (C=O) groups is 1. The molecule has 0 bridgehead atoms. The van der Waals surface area contributed by atoms with E-state index >= 15 is 0 Å². The molecule has 1 aromatic rings. The fourth-order valence-electron chi connectivity index (χ4n) is 5.18. The zero-order chi connectivity index (χ0) is 18.7.